The molecule has 1 nitrogen and oxygen atoms in total. The molecule has 2 aromatic carbocycles. The van der Waals surface area contributed by atoms with Crippen LogP contribution in [-0.4, -0.2) is 6.54 Å². The van der Waals surface area contributed by atoms with Crippen molar-refractivity contribution in [3.63, 3.8) is 0 Å². The van der Waals surface area contributed by atoms with Gasteiger partial charge in [0.1, 0.15) is 0 Å². The van der Waals surface area contributed by atoms with Gasteiger partial charge in [-0.2, -0.15) is 0 Å². The lowest BCUT2D eigenvalue weighted by molar-refractivity contribution is 0.577. The smallest absolute Gasteiger partial charge is 0.0390 e. The highest BCUT2D eigenvalue weighted by Gasteiger charge is 2.30. The van der Waals surface area contributed by atoms with Gasteiger partial charge in [-0.25, -0.2) is 0 Å². The first-order chi connectivity index (χ1) is 9.92. The molecule has 0 radical (unpaired) electrons. The number of benzene rings is 2. The summed E-state index contributed by atoms with van der Waals surface area (Å²) in [5.41, 5.74) is 4.49. The quantitative estimate of drug-likeness (QED) is 0.866. The van der Waals surface area contributed by atoms with Crippen molar-refractivity contribution >= 4 is 0 Å². The Bertz CT molecular complexity index is 586. The van der Waals surface area contributed by atoms with Crippen LogP contribution in [0.2, 0.25) is 0 Å². The van der Waals surface area contributed by atoms with Crippen molar-refractivity contribution in [3.8, 4) is 0 Å². The molecule has 4 rings (SSSR count). The Balaban J connectivity index is 1.65. The minimum Gasteiger partial charge on any atom is -0.309 e. The van der Waals surface area contributed by atoms with Gasteiger partial charge in [0.15, 0.2) is 0 Å². The molecular formula is C19H21N. The van der Waals surface area contributed by atoms with Crippen LogP contribution in [0.1, 0.15) is 53.8 Å². The van der Waals surface area contributed by atoms with Crippen LogP contribution in [0.5, 0.6) is 0 Å². The largest absolute Gasteiger partial charge is 0.309 e. The van der Waals surface area contributed by atoms with Gasteiger partial charge < -0.3 is 5.32 Å². The molecule has 2 atom stereocenters. The van der Waals surface area contributed by atoms with Crippen LogP contribution in [0.15, 0.2) is 54.6 Å². The molecule has 0 bridgehead atoms. The molecule has 0 aromatic heterocycles. The average molecular weight is 263 g/mol. The summed E-state index contributed by atoms with van der Waals surface area (Å²) in [6.07, 6.45) is 4.00. The Kier molecular flexibility index (Phi) is 3.08. The standard InChI is InChI=1S/C19H21N/c1-2-5-15(6-3-1)18-11-12-20-19(18)17-8-4-7-16(13-17)14-9-10-14/h1-8,13-14,18-20H,9-12H2. The SMILES string of the molecule is c1ccc(C2CCNC2c2cccc(C3CC3)c2)cc1. The van der Waals surface area contributed by atoms with Crippen molar-refractivity contribution < 1.29 is 0 Å². The summed E-state index contributed by atoms with van der Waals surface area (Å²) >= 11 is 0. The van der Waals surface area contributed by atoms with Crippen molar-refractivity contribution in [3.05, 3.63) is 71.3 Å². The van der Waals surface area contributed by atoms with Gasteiger partial charge >= 0.3 is 0 Å². The molecule has 0 amide bonds. The maximum absolute atomic E-state index is 3.71. The van der Waals surface area contributed by atoms with Gasteiger partial charge in [0.25, 0.3) is 0 Å². The van der Waals surface area contributed by atoms with E-state index < -0.39 is 0 Å². The molecule has 2 unspecified atom stereocenters. The van der Waals surface area contributed by atoms with E-state index in [-0.39, 0.29) is 0 Å². The van der Waals surface area contributed by atoms with Crippen LogP contribution in [0.25, 0.3) is 0 Å². The molecule has 1 saturated carbocycles. The highest BCUT2D eigenvalue weighted by Crippen LogP contribution is 2.42. The summed E-state index contributed by atoms with van der Waals surface area (Å²) < 4.78 is 0. The van der Waals surface area contributed by atoms with E-state index in [9.17, 15) is 0 Å². The maximum atomic E-state index is 3.71. The van der Waals surface area contributed by atoms with E-state index in [1.54, 1.807) is 5.56 Å². The Hall–Kier alpha value is -1.60. The van der Waals surface area contributed by atoms with E-state index >= 15 is 0 Å². The number of rotatable bonds is 3. The summed E-state index contributed by atoms with van der Waals surface area (Å²) in [6.45, 7) is 1.12. The van der Waals surface area contributed by atoms with Crippen LogP contribution in [0.4, 0.5) is 0 Å². The Morgan fingerprint density at radius 3 is 2.30 bits per heavy atom. The third-order valence-electron chi connectivity index (χ3n) is 4.77. The maximum Gasteiger partial charge on any atom is 0.0390 e. The summed E-state index contributed by atoms with van der Waals surface area (Å²) in [5, 5.41) is 3.71. The molecule has 2 fully saturated rings. The van der Waals surface area contributed by atoms with Gasteiger partial charge in [-0.1, -0.05) is 54.6 Å². The van der Waals surface area contributed by atoms with Crippen molar-refractivity contribution in [2.45, 2.75) is 37.1 Å². The van der Waals surface area contributed by atoms with Crippen molar-refractivity contribution in [2.24, 2.45) is 0 Å². The minimum absolute atomic E-state index is 0.482. The third-order valence-corrected chi connectivity index (χ3v) is 4.77. The van der Waals surface area contributed by atoms with Crippen molar-refractivity contribution in [1.29, 1.82) is 0 Å². The van der Waals surface area contributed by atoms with E-state index in [1.807, 2.05) is 0 Å². The molecule has 1 heteroatoms. The summed E-state index contributed by atoms with van der Waals surface area (Å²) in [7, 11) is 0. The first kappa shape index (κ1) is 12.2. The van der Waals surface area contributed by atoms with E-state index in [4.69, 9.17) is 0 Å². The predicted molar refractivity (Wildman–Crippen MR) is 83.0 cm³/mol. The number of nitrogens with one attached hydrogen (secondary N) is 1. The molecular weight excluding hydrogens is 242 g/mol. The van der Waals surface area contributed by atoms with Gasteiger partial charge in [0.05, 0.1) is 0 Å². The average Bonchev–Trinajstić information content (AvgIpc) is 3.25. The molecule has 1 aliphatic carbocycles. The second-order valence-electron chi connectivity index (χ2n) is 6.18. The molecule has 102 valence electrons. The fraction of sp³-hybridized carbons (Fsp3) is 0.368. The molecule has 1 saturated heterocycles. The second-order valence-corrected chi connectivity index (χ2v) is 6.18. The highest BCUT2D eigenvalue weighted by atomic mass is 15.0. The molecule has 1 N–H and O–H groups in total. The van der Waals surface area contributed by atoms with Gasteiger partial charge in [0.2, 0.25) is 0 Å². The lowest BCUT2D eigenvalue weighted by atomic mass is 9.87. The van der Waals surface area contributed by atoms with Gasteiger partial charge in [0, 0.05) is 12.0 Å². The second kappa shape index (κ2) is 5.06. The monoisotopic (exact) mass is 263 g/mol. The van der Waals surface area contributed by atoms with Crippen LogP contribution in [0.3, 0.4) is 0 Å². The third kappa shape index (κ3) is 2.27. The first-order valence-electron chi connectivity index (χ1n) is 7.80. The molecule has 0 spiro atoms. The summed E-state index contributed by atoms with van der Waals surface area (Å²) in [6, 6.07) is 20.7. The fourth-order valence-corrected chi connectivity index (χ4v) is 3.54. The van der Waals surface area contributed by atoms with E-state index in [2.05, 4.69) is 59.9 Å². The first-order valence-corrected chi connectivity index (χ1v) is 7.80. The lowest BCUT2D eigenvalue weighted by Crippen LogP contribution is -2.17. The molecule has 20 heavy (non-hydrogen) atoms. The number of hydrogen-bond acceptors (Lipinski definition) is 1. The Morgan fingerprint density at radius 1 is 0.750 bits per heavy atom. The normalized spacial score (nSPS) is 25.8. The van der Waals surface area contributed by atoms with Crippen LogP contribution in [0, 0.1) is 0 Å². The topological polar surface area (TPSA) is 12.0 Å². The summed E-state index contributed by atoms with van der Waals surface area (Å²) in [5.74, 6) is 1.46. The van der Waals surface area contributed by atoms with Gasteiger partial charge in [-0.05, 0) is 48.4 Å². The van der Waals surface area contributed by atoms with Crippen molar-refractivity contribution in [1.82, 2.24) is 5.32 Å². The highest BCUT2D eigenvalue weighted by molar-refractivity contribution is 5.34. The van der Waals surface area contributed by atoms with Crippen LogP contribution >= 0.6 is 0 Å². The zero-order valence-corrected chi connectivity index (χ0v) is 11.8. The Morgan fingerprint density at radius 2 is 1.50 bits per heavy atom. The van der Waals surface area contributed by atoms with Crippen LogP contribution in [-0.2, 0) is 0 Å². The fourth-order valence-electron chi connectivity index (χ4n) is 3.54. The van der Waals surface area contributed by atoms with Gasteiger partial charge in [-0.3, -0.25) is 0 Å². The molecule has 1 heterocycles. The predicted octanol–water partition coefficient (Wildman–Crippen LogP) is 4.38. The summed E-state index contributed by atoms with van der Waals surface area (Å²) in [4.78, 5) is 0. The van der Waals surface area contributed by atoms with E-state index in [0.29, 0.717) is 12.0 Å². The van der Waals surface area contributed by atoms with E-state index in [0.717, 1.165) is 12.5 Å². The minimum atomic E-state index is 0.482. The van der Waals surface area contributed by atoms with Gasteiger partial charge in [-0.15, -0.1) is 0 Å². The lowest BCUT2D eigenvalue weighted by Gasteiger charge is -2.21. The Labute approximate surface area is 121 Å². The van der Waals surface area contributed by atoms with E-state index in [1.165, 1.54) is 30.4 Å². The molecule has 2 aliphatic rings. The molecule has 1 aliphatic heterocycles. The van der Waals surface area contributed by atoms with Crippen molar-refractivity contribution in [2.75, 3.05) is 6.54 Å². The number of hydrogen-bond donors (Lipinski definition) is 1. The van der Waals surface area contributed by atoms with Crippen LogP contribution < -0.4 is 5.32 Å². The molecule has 2 aromatic rings. The zero-order chi connectivity index (χ0) is 13.4. The zero-order valence-electron chi connectivity index (χ0n) is 11.8.